The molecule has 3 N–H and O–H groups in total. The van der Waals surface area contributed by atoms with Crippen LogP contribution in [0.5, 0.6) is 0 Å². The summed E-state index contributed by atoms with van der Waals surface area (Å²) in [6.07, 6.45) is 0. The SMILES string of the molecule is Cc1nc2c(=O)[nH]c(S(=O)(=O)O)nc2c(=O)[nH]1.[K+]. The van der Waals surface area contributed by atoms with Gasteiger partial charge in [-0.3, -0.25) is 19.1 Å². The van der Waals surface area contributed by atoms with E-state index in [0.717, 1.165) is 0 Å². The largest absolute Gasteiger partial charge is 1.00 e. The molecule has 0 spiro atoms. The Bertz CT molecular complexity index is 824. The average Bonchev–Trinajstić information content (AvgIpc) is 2.17. The van der Waals surface area contributed by atoms with Crippen molar-refractivity contribution in [1.29, 1.82) is 0 Å². The van der Waals surface area contributed by atoms with Crippen molar-refractivity contribution in [3.05, 3.63) is 26.5 Å². The second-order valence-electron chi connectivity index (χ2n) is 3.19. The van der Waals surface area contributed by atoms with Gasteiger partial charge in [-0.25, -0.2) is 9.97 Å². The van der Waals surface area contributed by atoms with Crippen LogP contribution in [-0.4, -0.2) is 32.9 Å². The van der Waals surface area contributed by atoms with Crippen molar-refractivity contribution in [3.63, 3.8) is 0 Å². The van der Waals surface area contributed by atoms with E-state index in [9.17, 15) is 18.0 Å². The topological polar surface area (TPSA) is 146 Å². The van der Waals surface area contributed by atoms with Crippen molar-refractivity contribution in [2.45, 2.75) is 12.1 Å². The number of nitrogens with one attached hydrogen (secondary N) is 2. The van der Waals surface area contributed by atoms with Crippen molar-refractivity contribution in [2.24, 2.45) is 0 Å². The van der Waals surface area contributed by atoms with Gasteiger partial charge in [0, 0.05) is 0 Å². The fourth-order valence-electron chi connectivity index (χ4n) is 1.25. The minimum Gasteiger partial charge on any atom is -0.309 e. The minimum absolute atomic E-state index is 0. The summed E-state index contributed by atoms with van der Waals surface area (Å²) in [6, 6.07) is 0. The summed E-state index contributed by atoms with van der Waals surface area (Å²) >= 11 is 0. The molecule has 0 aliphatic rings. The number of fused-ring (bicyclic) bond motifs is 1. The number of aryl methyl sites for hydroxylation is 1. The van der Waals surface area contributed by atoms with E-state index in [1.807, 2.05) is 4.98 Å². The molecule has 18 heavy (non-hydrogen) atoms. The van der Waals surface area contributed by atoms with E-state index in [-0.39, 0.29) is 62.7 Å². The zero-order chi connectivity index (χ0) is 12.8. The summed E-state index contributed by atoms with van der Waals surface area (Å²) in [7, 11) is -4.69. The molecule has 0 aromatic carbocycles. The summed E-state index contributed by atoms with van der Waals surface area (Å²) in [5.41, 5.74) is -2.43. The van der Waals surface area contributed by atoms with Gasteiger partial charge in [-0.05, 0) is 6.92 Å². The molecule has 2 heterocycles. The Hall–Kier alpha value is -0.434. The molecule has 0 saturated carbocycles. The number of H-pyrrole nitrogens is 2. The molecule has 11 heteroatoms. The van der Waals surface area contributed by atoms with Crippen molar-refractivity contribution >= 4 is 21.2 Å². The van der Waals surface area contributed by atoms with Crippen LogP contribution < -0.4 is 62.5 Å². The Balaban J connectivity index is 0.00000162. The molecule has 0 amide bonds. The number of aromatic nitrogens is 4. The maximum absolute atomic E-state index is 11.5. The van der Waals surface area contributed by atoms with Gasteiger partial charge in [-0.15, -0.1) is 0 Å². The molecular formula is C7H6KN4O5S+. The first kappa shape index (κ1) is 15.6. The molecular weight excluding hydrogens is 291 g/mol. The second-order valence-corrected chi connectivity index (χ2v) is 4.53. The Morgan fingerprint density at radius 1 is 1.06 bits per heavy atom. The van der Waals surface area contributed by atoms with Crippen molar-refractivity contribution < 1.29 is 64.4 Å². The molecule has 0 unspecified atom stereocenters. The summed E-state index contributed by atoms with van der Waals surface area (Å²) in [6.45, 7) is 1.46. The minimum atomic E-state index is -4.69. The predicted octanol–water partition coefficient (Wildman–Crippen LogP) is -4.43. The van der Waals surface area contributed by atoms with Gasteiger partial charge < -0.3 is 4.98 Å². The Kier molecular flexibility index (Phi) is 4.59. The van der Waals surface area contributed by atoms with Crippen LogP contribution in [0.15, 0.2) is 14.7 Å². The molecule has 0 aliphatic heterocycles. The van der Waals surface area contributed by atoms with Gasteiger partial charge in [0.05, 0.1) is 0 Å². The Morgan fingerprint density at radius 2 is 1.56 bits per heavy atom. The fourth-order valence-corrected chi connectivity index (χ4v) is 1.68. The summed E-state index contributed by atoms with van der Waals surface area (Å²) in [5, 5.41) is -0.994. The third-order valence-electron chi connectivity index (χ3n) is 1.91. The standard InChI is InChI=1S/C7H6N4O5S.K/c1-2-8-3-4(5(12)9-2)10-7(11-6(3)13)17(14,15)16;/h1H3,(H,8,9,12)(H,10,11,13)(H,14,15,16);/q;+1. The molecule has 90 valence electrons. The molecule has 0 bridgehead atoms. The molecule has 0 fully saturated rings. The fraction of sp³-hybridized carbons (Fsp3) is 0.143. The molecule has 0 saturated heterocycles. The summed E-state index contributed by atoms with van der Waals surface area (Å²) in [5.74, 6) is 0.189. The molecule has 2 rings (SSSR count). The zero-order valence-electron chi connectivity index (χ0n) is 9.38. The van der Waals surface area contributed by atoms with Crippen LogP contribution in [0.3, 0.4) is 0 Å². The monoisotopic (exact) mass is 297 g/mol. The van der Waals surface area contributed by atoms with E-state index in [0.29, 0.717) is 0 Å². The van der Waals surface area contributed by atoms with Gasteiger partial charge in [-0.1, -0.05) is 0 Å². The molecule has 0 radical (unpaired) electrons. The van der Waals surface area contributed by atoms with Crippen LogP contribution in [0.1, 0.15) is 5.82 Å². The van der Waals surface area contributed by atoms with Gasteiger partial charge in [0.25, 0.3) is 16.3 Å². The quantitative estimate of drug-likeness (QED) is 0.273. The zero-order valence-corrected chi connectivity index (χ0v) is 13.3. The van der Waals surface area contributed by atoms with Gasteiger partial charge in [-0.2, -0.15) is 8.42 Å². The number of hydrogen-bond acceptors (Lipinski definition) is 6. The number of hydrogen-bond donors (Lipinski definition) is 3. The summed E-state index contributed by atoms with van der Waals surface area (Å²) < 4.78 is 30.3. The van der Waals surface area contributed by atoms with Crippen LogP contribution in [0.25, 0.3) is 11.0 Å². The maximum Gasteiger partial charge on any atom is 1.00 e. The second kappa shape index (κ2) is 5.28. The molecule has 9 nitrogen and oxygen atoms in total. The Labute approximate surface area is 142 Å². The number of aromatic amines is 2. The van der Waals surface area contributed by atoms with Crippen LogP contribution in [0.4, 0.5) is 0 Å². The normalized spacial score (nSPS) is 11.2. The first-order valence-electron chi connectivity index (χ1n) is 4.27. The molecule has 0 aliphatic carbocycles. The van der Waals surface area contributed by atoms with Crippen LogP contribution in [0.2, 0.25) is 0 Å². The van der Waals surface area contributed by atoms with Crippen molar-refractivity contribution in [2.75, 3.05) is 0 Å². The van der Waals surface area contributed by atoms with E-state index < -0.39 is 31.9 Å². The van der Waals surface area contributed by atoms with Crippen molar-refractivity contribution in [3.8, 4) is 0 Å². The maximum atomic E-state index is 11.5. The van der Waals surface area contributed by atoms with Crippen LogP contribution >= 0.6 is 0 Å². The smallest absolute Gasteiger partial charge is 0.309 e. The van der Waals surface area contributed by atoms with E-state index in [1.165, 1.54) is 6.92 Å². The number of rotatable bonds is 1. The van der Waals surface area contributed by atoms with Gasteiger partial charge in [0.2, 0.25) is 0 Å². The van der Waals surface area contributed by atoms with Gasteiger partial charge in [0.15, 0.2) is 11.0 Å². The summed E-state index contributed by atoms with van der Waals surface area (Å²) in [4.78, 5) is 34.1. The van der Waals surface area contributed by atoms with E-state index in [2.05, 4.69) is 15.0 Å². The predicted molar refractivity (Wildman–Crippen MR) is 55.3 cm³/mol. The molecule has 2 aromatic heterocycles. The third kappa shape index (κ3) is 2.93. The van der Waals surface area contributed by atoms with Crippen LogP contribution in [0, 0.1) is 6.92 Å². The first-order valence-corrected chi connectivity index (χ1v) is 5.71. The van der Waals surface area contributed by atoms with Gasteiger partial charge in [0.1, 0.15) is 5.82 Å². The van der Waals surface area contributed by atoms with Gasteiger partial charge >= 0.3 is 61.5 Å². The average molecular weight is 297 g/mol. The third-order valence-corrected chi connectivity index (χ3v) is 2.59. The van der Waals surface area contributed by atoms with E-state index >= 15 is 0 Å². The van der Waals surface area contributed by atoms with E-state index in [1.54, 1.807) is 0 Å². The van der Waals surface area contributed by atoms with E-state index in [4.69, 9.17) is 4.55 Å². The van der Waals surface area contributed by atoms with Crippen LogP contribution in [-0.2, 0) is 10.1 Å². The number of nitrogens with zero attached hydrogens (tertiary/aromatic N) is 2. The van der Waals surface area contributed by atoms with Crippen molar-refractivity contribution in [1.82, 2.24) is 19.9 Å². The first-order chi connectivity index (χ1) is 7.79. The Morgan fingerprint density at radius 3 is 2.11 bits per heavy atom. The molecule has 2 aromatic rings. The molecule has 0 atom stereocenters.